The highest BCUT2D eigenvalue weighted by Crippen LogP contribution is 2.31. The molecule has 3 rings (SSSR count). The fraction of sp³-hybridized carbons (Fsp3) is 0.208. The summed E-state index contributed by atoms with van der Waals surface area (Å²) in [7, 11) is 0. The summed E-state index contributed by atoms with van der Waals surface area (Å²) in [5.74, 6) is -0.563. The molecule has 1 amide bonds. The normalized spacial score (nSPS) is 10.9. The molecular weight excluding hydrogens is 396 g/mol. The Morgan fingerprint density at radius 2 is 1.87 bits per heavy atom. The lowest BCUT2D eigenvalue weighted by Crippen LogP contribution is -2.23. The van der Waals surface area contributed by atoms with Gasteiger partial charge >= 0.3 is 5.97 Å². The molecule has 154 valence electrons. The third-order valence-corrected chi connectivity index (χ3v) is 5.46. The highest BCUT2D eigenvalue weighted by molar-refractivity contribution is 7.14. The number of aryl methyl sites for hydroxylation is 3. The average Bonchev–Trinajstić information content (AvgIpc) is 3.16. The van der Waals surface area contributed by atoms with Gasteiger partial charge in [-0.25, -0.2) is 9.78 Å². The Hall–Kier alpha value is -3.25. The first kappa shape index (κ1) is 21.5. The standard InChI is InChI=1S/C24H24N2O3S/c1-16-9-11-22(18(3)13-16)26(19(4)27)24-25-21(15-30-24)14-29-23(28)12-10-20-8-6-5-7-17(20)2/h5-13,15H,14H2,1-4H3/b12-10+. The minimum absolute atomic E-state index is 0.0477. The Labute approximate surface area is 180 Å². The molecule has 0 saturated carbocycles. The van der Waals surface area contributed by atoms with Gasteiger partial charge in [-0.3, -0.25) is 9.69 Å². The fourth-order valence-electron chi connectivity index (χ4n) is 3.05. The summed E-state index contributed by atoms with van der Waals surface area (Å²) in [6, 6.07) is 13.7. The monoisotopic (exact) mass is 420 g/mol. The van der Waals surface area contributed by atoms with E-state index in [9.17, 15) is 9.59 Å². The van der Waals surface area contributed by atoms with Crippen molar-refractivity contribution in [1.82, 2.24) is 4.98 Å². The van der Waals surface area contributed by atoms with E-state index in [0.29, 0.717) is 10.8 Å². The van der Waals surface area contributed by atoms with Gasteiger partial charge in [-0.2, -0.15) is 0 Å². The number of anilines is 2. The Morgan fingerprint density at radius 1 is 1.10 bits per heavy atom. The molecule has 0 aliphatic rings. The summed E-state index contributed by atoms with van der Waals surface area (Å²) >= 11 is 1.34. The number of benzene rings is 2. The Bertz CT molecular complexity index is 1100. The van der Waals surface area contributed by atoms with E-state index in [2.05, 4.69) is 4.98 Å². The smallest absolute Gasteiger partial charge is 0.331 e. The summed E-state index contributed by atoms with van der Waals surface area (Å²) in [4.78, 5) is 30.4. The Balaban J connectivity index is 1.68. The highest BCUT2D eigenvalue weighted by atomic mass is 32.1. The largest absolute Gasteiger partial charge is 0.456 e. The third-order valence-electron chi connectivity index (χ3n) is 4.59. The molecule has 30 heavy (non-hydrogen) atoms. The SMILES string of the molecule is CC(=O)N(c1nc(COC(=O)/C=C/c2ccccc2C)cs1)c1ccc(C)cc1C. The lowest BCUT2D eigenvalue weighted by atomic mass is 10.1. The maximum absolute atomic E-state index is 12.3. The molecule has 1 heterocycles. The molecule has 0 spiro atoms. The van der Waals surface area contributed by atoms with Crippen LogP contribution in [-0.2, 0) is 20.9 Å². The maximum atomic E-state index is 12.3. The number of rotatable bonds is 6. The van der Waals surface area contributed by atoms with Crippen LogP contribution in [0.2, 0.25) is 0 Å². The lowest BCUT2D eigenvalue weighted by molar-refractivity contribution is -0.139. The van der Waals surface area contributed by atoms with Crippen LogP contribution in [0.5, 0.6) is 0 Å². The molecule has 2 aromatic carbocycles. The maximum Gasteiger partial charge on any atom is 0.331 e. The third kappa shape index (κ3) is 5.21. The van der Waals surface area contributed by atoms with E-state index in [1.165, 1.54) is 24.3 Å². The molecule has 0 N–H and O–H groups in total. The molecule has 0 atom stereocenters. The average molecular weight is 421 g/mol. The molecule has 0 unspecified atom stereocenters. The number of hydrogen-bond donors (Lipinski definition) is 0. The molecule has 0 aliphatic carbocycles. The summed E-state index contributed by atoms with van der Waals surface area (Å²) in [6.45, 7) is 7.52. The molecule has 0 radical (unpaired) electrons. The zero-order valence-electron chi connectivity index (χ0n) is 17.5. The Kier molecular flexibility index (Phi) is 6.79. The van der Waals surface area contributed by atoms with Gasteiger partial charge in [-0.1, -0.05) is 42.0 Å². The van der Waals surface area contributed by atoms with Gasteiger partial charge in [0.2, 0.25) is 5.91 Å². The number of carbonyl (C=O) groups is 2. The van der Waals surface area contributed by atoms with Crippen LogP contribution >= 0.6 is 11.3 Å². The number of carbonyl (C=O) groups excluding carboxylic acids is 2. The number of thiazole rings is 1. The summed E-state index contributed by atoms with van der Waals surface area (Å²) in [5.41, 5.74) is 5.58. The van der Waals surface area contributed by atoms with Gasteiger partial charge in [-0.05, 0) is 49.6 Å². The van der Waals surface area contributed by atoms with Crippen molar-refractivity contribution in [3.63, 3.8) is 0 Å². The van der Waals surface area contributed by atoms with E-state index in [1.54, 1.807) is 16.4 Å². The van der Waals surface area contributed by atoms with Crippen LogP contribution in [0.15, 0.2) is 53.9 Å². The zero-order chi connectivity index (χ0) is 21.7. The molecule has 0 bridgehead atoms. The van der Waals surface area contributed by atoms with Crippen molar-refractivity contribution in [2.45, 2.75) is 34.3 Å². The van der Waals surface area contributed by atoms with Crippen molar-refractivity contribution in [2.75, 3.05) is 4.90 Å². The van der Waals surface area contributed by atoms with Crippen molar-refractivity contribution in [1.29, 1.82) is 0 Å². The molecule has 3 aromatic rings. The zero-order valence-corrected chi connectivity index (χ0v) is 18.3. The number of aromatic nitrogens is 1. The molecule has 0 fully saturated rings. The van der Waals surface area contributed by atoms with Gasteiger partial charge in [-0.15, -0.1) is 11.3 Å². The minimum Gasteiger partial charge on any atom is -0.456 e. The van der Waals surface area contributed by atoms with E-state index in [-0.39, 0.29) is 12.5 Å². The van der Waals surface area contributed by atoms with Gasteiger partial charge in [0.15, 0.2) is 5.13 Å². The predicted octanol–water partition coefficient (Wildman–Crippen LogP) is 5.51. The van der Waals surface area contributed by atoms with Crippen LogP contribution in [0.1, 0.15) is 34.9 Å². The van der Waals surface area contributed by atoms with E-state index in [0.717, 1.165) is 27.9 Å². The first-order chi connectivity index (χ1) is 14.3. The number of hydrogen-bond acceptors (Lipinski definition) is 5. The van der Waals surface area contributed by atoms with Crippen molar-refractivity contribution in [3.8, 4) is 0 Å². The quantitative estimate of drug-likeness (QED) is 0.390. The van der Waals surface area contributed by atoms with Crippen LogP contribution in [0.3, 0.4) is 0 Å². The fourth-order valence-corrected chi connectivity index (χ4v) is 3.92. The van der Waals surface area contributed by atoms with E-state index >= 15 is 0 Å². The van der Waals surface area contributed by atoms with Crippen LogP contribution in [0, 0.1) is 20.8 Å². The van der Waals surface area contributed by atoms with Crippen LogP contribution in [0.25, 0.3) is 6.08 Å². The summed E-state index contributed by atoms with van der Waals surface area (Å²) in [6.07, 6.45) is 3.15. The molecule has 0 saturated heterocycles. The number of esters is 1. The van der Waals surface area contributed by atoms with Gasteiger partial charge in [0.05, 0.1) is 11.4 Å². The second kappa shape index (κ2) is 9.50. The van der Waals surface area contributed by atoms with E-state index in [1.807, 2.05) is 63.2 Å². The second-order valence-electron chi connectivity index (χ2n) is 7.06. The van der Waals surface area contributed by atoms with Gasteiger partial charge in [0.25, 0.3) is 0 Å². The number of ether oxygens (including phenoxy) is 1. The van der Waals surface area contributed by atoms with Crippen molar-refractivity contribution in [3.05, 3.63) is 81.9 Å². The molecule has 6 heteroatoms. The lowest BCUT2D eigenvalue weighted by Gasteiger charge is -2.20. The summed E-state index contributed by atoms with van der Waals surface area (Å²) in [5, 5.41) is 2.35. The van der Waals surface area contributed by atoms with Crippen LogP contribution < -0.4 is 4.90 Å². The van der Waals surface area contributed by atoms with Gasteiger partial charge < -0.3 is 4.74 Å². The Morgan fingerprint density at radius 3 is 2.57 bits per heavy atom. The van der Waals surface area contributed by atoms with Crippen molar-refractivity contribution in [2.24, 2.45) is 0 Å². The predicted molar refractivity (Wildman–Crippen MR) is 121 cm³/mol. The molecular formula is C24H24N2O3S. The minimum atomic E-state index is -0.439. The van der Waals surface area contributed by atoms with Crippen molar-refractivity contribution < 1.29 is 14.3 Å². The summed E-state index contributed by atoms with van der Waals surface area (Å²) < 4.78 is 5.30. The topological polar surface area (TPSA) is 59.5 Å². The molecule has 0 aliphatic heterocycles. The van der Waals surface area contributed by atoms with Gasteiger partial charge in [0, 0.05) is 18.4 Å². The first-order valence-corrected chi connectivity index (χ1v) is 10.5. The van der Waals surface area contributed by atoms with Crippen LogP contribution in [-0.4, -0.2) is 16.9 Å². The van der Waals surface area contributed by atoms with Crippen LogP contribution in [0.4, 0.5) is 10.8 Å². The number of nitrogens with zero attached hydrogens (tertiary/aromatic N) is 2. The van der Waals surface area contributed by atoms with E-state index in [4.69, 9.17) is 4.74 Å². The highest BCUT2D eigenvalue weighted by Gasteiger charge is 2.20. The first-order valence-electron chi connectivity index (χ1n) is 9.58. The van der Waals surface area contributed by atoms with Gasteiger partial charge in [0.1, 0.15) is 6.61 Å². The molecule has 1 aromatic heterocycles. The number of amides is 1. The molecule has 5 nitrogen and oxygen atoms in total. The second-order valence-corrected chi connectivity index (χ2v) is 7.90. The van der Waals surface area contributed by atoms with Crippen molar-refractivity contribution >= 4 is 40.1 Å². The van der Waals surface area contributed by atoms with E-state index < -0.39 is 5.97 Å².